The van der Waals surface area contributed by atoms with Gasteiger partial charge >= 0.3 is 0 Å². The van der Waals surface area contributed by atoms with Crippen molar-refractivity contribution in [2.24, 2.45) is 7.05 Å². The van der Waals surface area contributed by atoms with Crippen LogP contribution in [-0.4, -0.2) is 9.78 Å². The van der Waals surface area contributed by atoms with Crippen molar-refractivity contribution in [2.45, 2.75) is 32.9 Å². The largest absolute Gasteiger partial charge is 0.303 e. The highest BCUT2D eigenvalue weighted by atomic mass is 35.5. The van der Waals surface area contributed by atoms with Crippen LogP contribution in [0.2, 0.25) is 5.02 Å². The number of hydrogen-bond acceptors (Lipinski definition) is 2. The van der Waals surface area contributed by atoms with Gasteiger partial charge in [0.15, 0.2) is 0 Å². The van der Waals surface area contributed by atoms with Crippen molar-refractivity contribution in [3.8, 4) is 0 Å². The first-order valence-electron chi connectivity index (χ1n) is 6.59. The first kappa shape index (κ1) is 15.0. The number of nitrogens with zero attached hydrogens (tertiary/aromatic N) is 2. The van der Waals surface area contributed by atoms with Gasteiger partial charge in [0.1, 0.15) is 5.82 Å². The molecule has 108 valence electrons. The van der Waals surface area contributed by atoms with E-state index >= 15 is 0 Å². The van der Waals surface area contributed by atoms with Gasteiger partial charge in [-0.05, 0) is 38.5 Å². The van der Waals surface area contributed by atoms with Gasteiger partial charge in [-0.15, -0.1) is 0 Å². The molecule has 2 aromatic rings. The average molecular weight is 296 g/mol. The highest BCUT2D eigenvalue weighted by molar-refractivity contribution is 6.31. The Kier molecular flexibility index (Phi) is 4.45. The monoisotopic (exact) mass is 295 g/mol. The molecular weight excluding hydrogens is 277 g/mol. The average Bonchev–Trinajstić information content (AvgIpc) is 2.69. The molecule has 0 amide bonds. The number of hydrogen-bond donors (Lipinski definition) is 1. The van der Waals surface area contributed by atoms with Crippen LogP contribution in [0, 0.1) is 12.7 Å². The fourth-order valence-electron chi connectivity index (χ4n) is 2.35. The van der Waals surface area contributed by atoms with Gasteiger partial charge in [0, 0.05) is 35.4 Å². The second-order valence-corrected chi connectivity index (χ2v) is 5.49. The van der Waals surface area contributed by atoms with E-state index in [0.29, 0.717) is 5.02 Å². The Hall–Kier alpha value is -1.39. The molecule has 0 radical (unpaired) electrons. The van der Waals surface area contributed by atoms with Crippen LogP contribution in [-0.2, 0) is 7.05 Å². The Morgan fingerprint density at radius 2 is 1.90 bits per heavy atom. The van der Waals surface area contributed by atoms with E-state index < -0.39 is 0 Å². The molecule has 0 aliphatic carbocycles. The van der Waals surface area contributed by atoms with Gasteiger partial charge in [-0.2, -0.15) is 5.10 Å². The standard InChI is InChI=1S/C15H19ClFN3/c1-9(13-6-5-12(17)7-15(13)16)19-10(2)14-8-18-20(4)11(14)3/h5-10,19H,1-4H3. The summed E-state index contributed by atoms with van der Waals surface area (Å²) in [4.78, 5) is 0. The molecule has 2 atom stereocenters. The molecular formula is C15H19ClFN3. The van der Waals surface area contributed by atoms with E-state index in [1.54, 1.807) is 6.07 Å². The zero-order valence-corrected chi connectivity index (χ0v) is 12.9. The number of nitrogens with one attached hydrogen (secondary N) is 1. The fourth-order valence-corrected chi connectivity index (χ4v) is 2.68. The predicted octanol–water partition coefficient (Wildman–Crippen LogP) is 3.93. The zero-order valence-electron chi connectivity index (χ0n) is 12.1. The molecule has 1 N–H and O–H groups in total. The van der Waals surface area contributed by atoms with Crippen molar-refractivity contribution in [1.82, 2.24) is 15.1 Å². The van der Waals surface area contributed by atoms with Crippen molar-refractivity contribution in [1.29, 1.82) is 0 Å². The van der Waals surface area contributed by atoms with Gasteiger partial charge in [0.05, 0.1) is 6.20 Å². The minimum Gasteiger partial charge on any atom is -0.303 e. The molecule has 0 aliphatic heterocycles. The molecule has 0 bridgehead atoms. The summed E-state index contributed by atoms with van der Waals surface area (Å²) in [6.45, 7) is 6.13. The summed E-state index contributed by atoms with van der Waals surface area (Å²) in [6, 6.07) is 4.66. The topological polar surface area (TPSA) is 29.9 Å². The van der Waals surface area contributed by atoms with Crippen LogP contribution < -0.4 is 5.32 Å². The summed E-state index contributed by atoms with van der Waals surface area (Å²) in [5, 5.41) is 8.16. The lowest BCUT2D eigenvalue weighted by atomic mass is 10.0. The number of halogens is 2. The van der Waals surface area contributed by atoms with E-state index in [2.05, 4.69) is 17.3 Å². The van der Waals surface area contributed by atoms with E-state index in [0.717, 1.165) is 16.8 Å². The highest BCUT2D eigenvalue weighted by Crippen LogP contribution is 2.26. The van der Waals surface area contributed by atoms with Crippen LogP contribution >= 0.6 is 11.6 Å². The number of aryl methyl sites for hydroxylation is 1. The third kappa shape index (κ3) is 3.02. The Bertz CT molecular complexity index is 609. The van der Waals surface area contributed by atoms with Crippen LogP contribution in [0.4, 0.5) is 4.39 Å². The van der Waals surface area contributed by atoms with Crippen molar-refractivity contribution in [3.63, 3.8) is 0 Å². The Morgan fingerprint density at radius 1 is 1.25 bits per heavy atom. The molecule has 1 aromatic carbocycles. The summed E-state index contributed by atoms with van der Waals surface area (Å²) < 4.78 is 14.9. The van der Waals surface area contributed by atoms with Crippen LogP contribution in [0.3, 0.4) is 0 Å². The molecule has 2 unspecified atom stereocenters. The van der Waals surface area contributed by atoms with Crippen LogP contribution in [0.15, 0.2) is 24.4 Å². The fraction of sp³-hybridized carbons (Fsp3) is 0.400. The van der Waals surface area contributed by atoms with Gasteiger partial charge in [-0.1, -0.05) is 17.7 Å². The maximum Gasteiger partial charge on any atom is 0.124 e. The van der Waals surface area contributed by atoms with E-state index in [4.69, 9.17) is 11.6 Å². The molecule has 5 heteroatoms. The normalized spacial score (nSPS) is 14.3. The lowest BCUT2D eigenvalue weighted by Gasteiger charge is -2.21. The molecule has 2 rings (SSSR count). The van der Waals surface area contributed by atoms with E-state index in [1.807, 2.05) is 31.8 Å². The second-order valence-electron chi connectivity index (χ2n) is 5.08. The number of rotatable bonds is 4. The van der Waals surface area contributed by atoms with Crippen molar-refractivity contribution in [2.75, 3.05) is 0 Å². The predicted molar refractivity (Wildman–Crippen MR) is 79.3 cm³/mol. The number of benzene rings is 1. The SMILES string of the molecule is Cc1c(C(C)NC(C)c2ccc(F)cc2Cl)cnn1C. The summed E-state index contributed by atoms with van der Waals surface area (Å²) >= 11 is 6.09. The molecule has 1 aromatic heterocycles. The minimum atomic E-state index is -0.317. The lowest BCUT2D eigenvalue weighted by molar-refractivity contribution is 0.492. The molecule has 0 fully saturated rings. The molecule has 0 aliphatic rings. The molecule has 0 saturated heterocycles. The number of aromatic nitrogens is 2. The minimum absolute atomic E-state index is 0.0257. The third-order valence-electron chi connectivity index (χ3n) is 3.67. The third-order valence-corrected chi connectivity index (χ3v) is 4.00. The van der Waals surface area contributed by atoms with E-state index in [9.17, 15) is 4.39 Å². The van der Waals surface area contributed by atoms with Gasteiger partial charge in [-0.3, -0.25) is 4.68 Å². The van der Waals surface area contributed by atoms with Gasteiger partial charge in [0.25, 0.3) is 0 Å². The summed E-state index contributed by atoms with van der Waals surface area (Å²) in [5.41, 5.74) is 3.17. The summed E-state index contributed by atoms with van der Waals surface area (Å²) in [5.74, 6) is -0.317. The highest BCUT2D eigenvalue weighted by Gasteiger charge is 2.17. The quantitative estimate of drug-likeness (QED) is 0.926. The van der Waals surface area contributed by atoms with Gasteiger partial charge < -0.3 is 5.32 Å². The first-order chi connectivity index (χ1) is 9.40. The second kappa shape index (κ2) is 5.94. The molecule has 3 nitrogen and oxygen atoms in total. The lowest BCUT2D eigenvalue weighted by Crippen LogP contribution is -2.23. The van der Waals surface area contributed by atoms with Gasteiger partial charge in [0.2, 0.25) is 0 Å². The molecule has 0 saturated carbocycles. The smallest absolute Gasteiger partial charge is 0.124 e. The van der Waals surface area contributed by atoms with E-state index in [-0.39, 0.29) is 17.9 Å². The maximum absolute atomic E-state index is 13.1. The Labute approximate surface area is 123 Å². The van der Waals surface area contributed by atoms with Crippen LogP contribution in [0.1, 0.15) is 42.8 Å². The van der Waals surface area contributed by atoms with Crippen molar-refractivity contribution in [3.05, 3.63) is 52.1 Å². The van der Waals surface area contributed by atoms with Crippen molar-refractivity contribution < 1.29 is 4.39 Å². The van der Waals surface area contributed by atoms with E-state index in [1.165, 1.54) is 12.1 Å². The molecule has 0 spiro atoms. The molecule has 20 heavy (non-hydrogen) atoms. The first-order valence-corrected chi connectivity index (χ1v) is 6.97. The Morgan fingerprint density at radius 3 is 2.45 bits per heavy atom. The summed E-state index contributed by atoms with van der Waals surface area (Å²) in [6.07, 6.45) is 1.87. The maximum atomic E-state index is 13.1. The van der Waals surface area contributed by atoms with Crippen molar-refractivity contribution >= 4 is 11.6 Å². The van der Waals surface area contributed by atoms with Crippen LogP contribution in [0.25, 0.3) is 0 Å². The van der Waals surface area contributed by atoms with Gasteiger partial charge in [-0.25, -0.2) is 4.39 Å². The van der Waals surface area contributed by atoms with Crippen LogP contribution in [0.5, 0.6) is 0 Å². The zero-order chi connectivity index (χ0) is 14.9. The molecule has 1 heterocycles. The summed E-state index contributed by atoms with van der Waals surface area (Å²) in [7, 11) is 1.92. The Balaban J connectivity index is 2.15.